The number of benzene rings is 2. The van der Waals surface area contributed by atoms with Gasteiger partial charge in [-0.05, 0) is 48.5 Å². The van der Waals surface area contributed by atoms with Gasteiger partial charge in [-0.1, -0.05) is 11.6 Å². The van der Waals surface area contributed by atoms with Crippen molar-refractivity contribution in [3.63, 3.8) is 0 Å². The molecular formula is C18H12ClF3N4O. The molecule has 0 spiro atoms. The maximum atomic E-state index is 12.5. The fourth-order valence-corrected chi connectivity index (χ4v) is 2.25. The molecule has 0 fully saturated rings. The summed E-state index contributed by atoms with van der Waals surface area (Å²) in [4.78, 5) is 20.2. The lowest BCUT2D eigenvalue weighted by Crippen LogP contribution is -2.14. The predicted octanol–water partition coefficient (Wildman–Crippen LogP) is 5.14. The molecule has 3 rings (SSSR count). The summed E-state index contributed by atoms with van der Waals surface area (Å²) in [5.41, 5.74) is 0.197. The van der Waals surface area contributed by atoms with E-state index in [1.165, 1.54) is 24.5 Å². The largest absolute Gasteiger partial charge is 0.416 e. The van der Waals surface area contributed by atoms with Crippen LogP contribution in [0.5, 0.6) is 0 Å². The molecule has 0 aliphatic heterocycles. The van der Waals surface area contributed by atoms with Crippen molar-refractivity contribution in [2.24, 2.45) is 0 Å². The number of aromatic nitrogens is 2. The van der Waals surface area contributed by atoms with Crippen molar-refractivity contribution in [2.45, 2.75) is 6.18 Å². The highest BCUT2D eigenvalue weighted by atomic mass is 35.5. The fraction of sp³-hybridized carbons (Fsp3) is 0.0556. The number of halogens is 4. The summed E-state index contributed by atoms with van der Waals surface area (Å²) < 4.78 is 37.6. The van der Waals surface area contributed by atoms with E-state index in [0.717, 1.165) is 17.8 Å². The Balaban J connectivity index is 1.64. The van der Waals surface area contributed by atoms with E-state index in [2.05, 4.69) is 20.6 Å². The van der Waals surface area contributed by atoms with Gasteiger partial charge in [0.1, 0.15) is 11.5 Å². The smallest absolute Gasteiger partial charge is 0.339 e. The Morgan fingerprint density at radius 3 is 2.07 bits per heavy atom. The third-order valence-corrected chi connectivity index (χ3v) is 3.72. The van der Waals surface area contributed by atoms with E-state index in [9.17, 15) is 18.0 Å². The first kappa shape index (κ1) is 18.7. The minimum Gasteiger partial charge on any atom is -0.339 e. The molecule has 0 saturated carbocycles. The van der Waals surface area contributed by atoms with Crippen molar-refractivity contribution in [2.75, 3.05) is 10.6 Å². The van der Waals surface area contributed by atoms with Crippen LogP contribution in [0.2, 0.25) is 5.02 Å². The van der Waals surface area contributed by atoms with Crippen molar-refractivity contribution >= 4 is 34.7 Å². The summed E-state index contributed by atoms with van der Waals surface area (Å²) in [6.45, 7) is 0. The second-order valence-electron chi connectivity index (χ2n) is 5.45. The van der Waals surface area contributed by atoms with E-state index in [1.807, 2.05) is 0 Å². The van der Waals surface area contributed by atoms with E-state index in [1.54, 1.807) is 24.3 Å². The van der Waals surface area contributed by atoms with Gasteiger partial charge in [0.25, 0.3) is 5.91 Å². The molecule has 9 heteroatoms. The lowest BCUT2D eigenvalue weighted by atomic mass is 10.2. The van der Waals surface area contributed by atoms with Crippen LogP contribution in [-0.4, -0.2) is 15.9 Å². The Morgan fingerprint density at radius 2 is 1.52 bits per heavy atom. The average molecular weight is 393 g/mol. The first-order valence-electron chi connectivity index (χ1n) is 7.64. The summed E-state index contributed by atoms with van der Waals surface area (Å²) in [7, 11) is 0. The summed E-state index contributed by atoms with van der Waals surface area (Å²) in [5, 5.41) is 6.06. The Kier molecular flexibility index (Phi) is 5.27. The van der Waals surface area contributed by atoms with E-state index < -0.39 is 17.6 Å². The first-order valence-corrected chi connectivity index (χ1v) is 8.02. The average Bonchev–Trinajstić information content (AvgIpc) is 2.64. The molecule has 5 nitrogen and oxygen atoms in total. The van der Waals surface area contributed by atoms with Gasteiger partial charge in [0.2, 0.25) is 0 Å². The Bertz CT molecular complexity index is 927. The standard InChI is InChI=1S/C18H12ClF3N4O/c19-12-3-7-13(8-4-12)25-16-10-23-15(9-24-16)17(27)26-14-5-1-11(2-6-14)18(20,21)22/h1-10H,(H,24,25)(H,26,27). The van der Waals surface area contributed by atoms with Crippen molar-refractivity contribution in [1.82, 2.24) is 9.97 Å². The van der Waals surface area contributed by atoms with E-state index in [-0.39, 0.29) is 11.4 Å². The van der Waals surface area contributed by atoms with Crippen LogP contribution in [0.4, 0.5) is 30.4 Å². The van der Waals surface area contributed by atoms with Crippen molar-refractivity contribution in [1.29, 1.82) is 0 Å². The summed E-state index contributed by atoms with van der Waals surface area (Å²) in [5.74, 6) is -0.163. The molecule has 0 atom stereocenters. The Hall–Kier alpha value is -3.13. The van der Waals surface area contributed by atoms with Gasteiger partial charge in [-0.25, -0.2) is 9.97 Å². The van der Waals surface area contributed by atoms with Crippen LogP contribution in [0.3, 0.4) is 0 Å². The van der Waals surface area contributed by atoms with E-state index >= 15 is 0 Å². The summed E-state index contributed by atoms with van der Waals surface area (Å²) in [6.07, 6.45) is -1.80. The first-order chi connectivity index (χ1) is 12.8. The molecule has 0 radical (unpaired) electrons. The molecule has 0 aliphatic rings. The van der Waals surface area contributed by atoms with Crippen LogP contribution in [0, 0.1) is 0 Å². The van der Waals surface area contributed by atoms with Gasteiger partial charge in [0.05, 0.1) is 18.0 Å². The third-order valence-electron chi connectivity index (χ3n) is 3.47. The minimum atomic E-state index is -4.43. The van der Waals surface area contributed by atoms with Crippen molar-refractivity contribution < 1.29 is 18.0 Å². The Labute approximate surface area is 157 Å². The number of hydrogen-bond donors (Lipinski definition) is 2. The van der Waals surface area contributed by atoms with Gasteiger partial charge in [-0.2, -0.15) is 13.2 Å². The van der Waals surface area contributed by atoms with Crippen molar-refractivity contribution in [3.8, 4) is 0 Å². The zero-order valence-electron chi connectivity index (χ0n) is 13.6. The number of nitrogens with one attached hydrogen (secondary N) is 2. The van der Waals surface area contributed by atoms with Gasteiger partial charge < -0.3 is 10.6 Å². The topological polar surface area (TPSA) is 66.9 Å². The number of rotatable bonds is 4. The fourth-order valence-electron chi connectivity index (χ4n) is 2.13. The Morgan fingerprint density at radius 1 is 0.889 bits per heavy atom. The number of alkyl halides is 3. The predicted molar refractivity (Wildman–Crippen MR) is 96.2 cm³/mol. The van der Waals surface area contributed by atoms with Gasteiger partial charge in [0, 0.05) is 16.4 Å². The quantitative estimate of drug-likeness (QED) is 0.644. The summed E-state index contributed by atoms with van der Waals surface area (Å²) >= 11 is 5.81. The van der Waals surface area contributed by atoms with Crippen LogP contribution in [0.15, 0.2) is 60.9 Å². The maximum Gasteiger partial charge on any atom is 0.416 e. The molecule has 2 N–H and O–H groups in total. The number of carbonyl (C=O) groups is 1. The summed E-state index contributed by atoms with van der Waals surface area (Å²) in [6, 6.07) is 11.1. The van der Waals surface area contributed by atoms with Crippen LogP contribution in [-0.2, 0) is 6.18 Å². The molecule has 1 amide bonds. The number of carbonyl (C=O) groups excluding carboxylic acids is 1. The highest BCUT2D eigenvalue weighted by molar-refractivity contribution is 6.30. The number of nitrogens with zero attached hydrogens (tertiary/aromatic N) is 2. The highest BCUT2D eigenvalue weighted by Gasteiger charge is 2.30. The molecular weight excluding hydrogens is 381 g/mol. The molecule has 138 valence electrons. The lowest BCUT2D eigenvalue weighted by Gasteiger charge is -2.09. The zero-order valence-corrected chi connectivity index (χ0v) is 14.3. The highest BCUT2D eigenvalue weighted by Crippen LogP contribution is 2.29. The van der Waals surface area contributed by atoms with E-state index in [0.29, 0.717) is 10.8 Å². The van der Waals surface area contributed by atoms with Crippen LogP contribution in [0.25, 0.3) is 0 Å². The zero-order chi connectivity index (χ0) is 19.4. The molecule has 0 bridgehead atoms. The van der Waals surface area contributed by atoms with Crippen LogP contribution in [0.1, 0.15) is 16.1 Å². The van der Waals surface area contributed by atoms with Crippen LogP contribution < -0.4 is 10.6 Å². The van der Waals surface area contributed by atoms with Gasteiger partial charge in [0.15, 0.2) is 0 Å². The number of hydrogen-bond acceptors (Lipinski definition) is 4. The monoisotopic (exact) mass is 392 g/mol. The van der Waals surface area contributed by atoms with E-state index in [4.69, 9.17) is 11.6 Å². The maximum absolute atomic E-state index is 12.5. The molecule has 2 aromatic carbocycles. The third kappa shape index (κ3) is 4.95. The van der Waals surface area contributed by atoms with Crippen molar-refractivity contribution in [3.05, 3.63) is 77.2 Å². The molecule has 1 heterocycles. The van der Waals surface area contributed by atoms with Crippen LogP contribution >= 0.6 is 11.6 Å². The molecule has 0 aliphatic carbocycles. The minimum absolute atomic E-state index is 0.0246. The van der Waals surface area contributed by atoms with Gasteiger partial charge in [-0.3, -0.25) is 4.79 Å². The number of anilines is 3. The molecule has 0 saturated heterocycles. The lowest BCUT2D eigenvalue weighted by molar-refractivity contribution is -0.137. The molecule has 3 aromatic rings. The van der Waals surface area contributed by atoms with Gasteiger partial charge >= 0.3 is 6.18 Å². The molecule has 0 unspecified atom stereocenters. The molecule has 1 aromatic heterocycles. The van der Waals surface area contributed by atoms with Gasteiger partial charge in [-0.15, -0.1) is 0 Å². The molecule has 27 heavy (non-hydrogen) atoms. The normalized spacial score (nSPS) is 11.1. The SMILES string of the molecule is O=C(Nc1ccc(C(F)(F)F)cc1)c1cnc(Nc2ccc(Cl)cc2)cn1. The number of amides is 1. The second-order valence-corrected chi connectivity index (χ2v) is 5.88. The second kappa shape index (κ2) is 7.63.